The Labute approximate surface area is 205 Å². The summed E-state index contributed by atoms with van der Waals surface area (Å²) in [6.07, 6.45) is 10.3. The van der Waals surface area contributed by atoms with Crippen molar-refractivity contribution in [2.24, 2.45) is 5.41 Å². The smallest absolute Gasteiger partial charge is 0.295 e. The number of aryl methyl sites for hydroxylation is 1. The number of nitrogens with zero attached hydrogens (tertiary/aromatic N) is 6. The highest BCUT2D eigenvalue weighted by Gasteiger charge is 2.53. The second-order valence-corrected chi connectivity index (χ2v) is 9.66. The van der Waals surface area contributed by atoms with Crippen molar-refractivity contribution in [3.8, 4) is 22.5 Å². The maximum Gasteiger partial charge on any atom is 0.328 e. The summed E-state index contributed by atoms with van der Waals surface area (Å²) < 4.78 is 3.95. The molecule has 3 aromatic heterocycles. The fourth-order valence-electron chi connectivity index (χ4n) is 5.26. The maximum absolute atomic E-state index is 13.6. The summed E-state index contributed by atoms with van der Waals surface area (Å²) >= 11 is 0. The summed E-state index contributed by atoms with van der Waals surface area (Å²) in [5.41, 5.74) is 5.37. The summed E-state index contributed by atoms with van der Waals surface area (Å²) in [6.45, 7) is 7.15. The van der Waals surface area contributed by atoms with Gasteiger partial charge in [0.15, 0.2) is 5.82 Å². The third-order valence-electron chi connectivity index (χ3n) is 7.72. The third kappa shape index (κ3) is 4.45. The second-order valence-electron chi connectivity index (χ2n) is 9.66. The van der Waals surface area contributed by atoms with Gasteiger partial charge in [-0.05, 0) is 77.3 Å². The second kappa shape index (κ2) is 9.60. The van der Waals surface area contributed by atoms with Gasteiger partial charge in [0.25, 0.3) is 0 Å². The molecule has 8 heteroatoms. The van der Waals surface area contributed by atoms with Crippen LogP contribution in [0, 0.1) is 5.41 Å². The van der Waals surface area contributed by atoms with Crippen molar-refractivity contribution >= 4 is 0 Å². The van der Waals surface area contributed by atoms with Crippen molar-refractivity contribution in [3.63, 3.8) is 0 Å². The average molecular weight is 472 g/mol. The number of hydrogen-bond donors (Lipinski definition) is 1. The van der Waals surface area contributed by atoms with Gasteiger partial charge in [-0.15, -0.1) is 5.10 Å². The van der Waals surface area contributed by atoms with Crippen molar-refractivity contribution in [1.29, 1.82) is 0 Å². The highest BCUT2D eigenvalue weighted by molar-refractivity contribution is 5.70. The molecule has 3 heterocycles. The van der Waals surface area contributed by atoms with E-state index in [4.69, 9.17) is 0 Å². The number of aromatic nitrogens is 7. The van der Waals surface area contributed by atoms with Gasteiger partial charge in [-0.2, -0.15) is 0 Å². The van der Waals surface area contributed by atoms with Gasteiger partial charge < -0.3 is 0 Å². The molecule has 1 saturated carbocycles. The number of H-pyrrole nitrogens is 1. The van der Waals surface area contributed by atoms with E-state index in [0.717, 1.165) is 66.6 Å². The van der Waals surface area contributed by atoms with Crippen LogP contribution in [0.3, 0.4) is 0 Å². The minimum atomic E-state index is 0.0943. The Hall–Kier alpha value is -3.55. The van der Waals surface area contributed by atoms with E-state index in [0.29, 0.717) is 18.4 Å². The fraction of sp³-hybridized carbons (Fsp3) is 0.444. The Kier molecular flexibility index (Phi) is 6.36. The summed E-state index contributed by atoms with van der Waals surface area (Å²) in [7, 11) is 0. The molecule has 1 unspecified atom stereocenters. The van der Waals surface area contributed by atoms with E-state index in [2.05, 4.69) is 70.8 Å². The molecule has 1 N–H and O–H groups in total. The van der Waals surface area contributed by atoms with Crippen LogP contribution in [0.1, 0.15) is 70.3 Å². The number of aromatic amines is 1. The zero-order chi connectivity index (χ0) is 24.4. The maximum atomic E-state index is 13.6. The predicted molar refractivity (Wildman–Crippen MR) is 136 cm³/mol. The van der Waals surface area contributed by atoms with Crippen LogP contribution in [0.4, 0.5) is 0 Å². The first-order valence-electron chi connectivity index (χ1n) is 12.7. The SMILES string of the molecule is CCCCc1cn(C2CC2(CC)CC)c(=O)n1Cc1cc(-c2cccc(-c3nnn[nH]3)c2)ccn1. The molecular formula is C27H33N7O. The largest absolute Gasteiger partial charge is 0.328 e. The summed E-state index contributed by atoms with van der Waals surface area (Å²) in [5, 5.41) is 14.2. The number of imidazole rings is 1. The number of rotatable bonds is 10. The van der Waals surface area contributed by atoms with Crippen LogP contribution in [0.2, 0.25) is 0 Å². The molecule has 5 rings (SSSR count). The van der Waals surface area contributed by atoms with E-state index >= 15 is 0 Å². The van der Waals surface area contributed by atoms with Crippen LogP contribution in [-0.2, 0) is 13.0 Å². The van der Waals surface area contributed by atoms with Gasteiger partial charge in [-0.3, -0.25) is 14.1 Å². The van der Waals surface area contributed by atoms with E-state index in [-0.39, 0.29) is 11.1 Å². The summed E-state index contributed by atoms with van der Waals surface area (Å²) in [4.78, 5) is 18.2. The minimum absolute atomic E-state index is 0.0943. The minimum Gasteiger partial charge on any atom is -0.295 e. The van der Waals surface area contributed by atoms with Crippen molar-refractivity contribution in [2.75, 3.05) is 0 Å². The number of pyridine rings is 1. The molecule has 1 fully saturated rings. The van der Waals surface area contributed by atoms with Gasteiger partial charge in [0.1, 0.15) is 0 Å². The number of tetrazole rings is 1. The topological polar surface area (TPSA) is 94.3 Å². The van der Waals surface area contributed by atoms with E-state index in [1.54, 1.807) is 0 Å². The Morgan fingerprint density at radius 2 is 1.89 bits per heavy atom. The number of nitrogens with one attached hydrogen (secondary N) is 1. The average Bonchev–Trinajstić information content (AvgIpc) is 3.20. The lowest BCUT2D eigenvalue weighted by molar-refractivity contribution is 0.410. The van der Waals surface area contributed by atoms with E-state index < -0.39 is 0 Å². The van der Waals surface area contributed by atoms with Crippen molar-refractivity contribution in [3.05, 3.63) is 70.7 Å². The van der Waals surface area contributed by atoms with Crippen LogP contribution >= 0.6 is 0 Å². The van der Waals surface area contributed by atoms with Crippen LogP contribution in [0.25, 0.3) is 22.5 Å². The highest BCUT2D eigenvalue weighted by atomic mass is 16.1. The lowest BCUT2D eigenvalue weighted by Gasteiger charge is -2.11. The standard InChI is InChI=1S/C27H33N7O/c1-4-7-11-23-18-34(24-16-27(24,5-2)6-3)26(35)33(23)17-22-15-20(12-13-28-22)19-9-8-10-21(14-19)25-29-31-32-30-25/h8-10,12-15,18,24H,4-7,11,16-17H2,1-3H3,(H,29,30,31,32). The van der Waals surface area contributed by atoms with E-state index in [1.165, 1.54) is 0 Å². The lowest BCUT2D eigenvalue weighted by atomic mass is 9.99. The third-order valence-corrected chi connectivity index (χ3v) is 7.72. The van der Waals surface area contributed by atoms with Crippen molar-refractivity contribution in [2.45, 2.75) is 71.9 Å². The van der Waals surface area contributed by atoms with E-state index in [9.17, 15) is 4.79 Å². The first-order chi connectivity index (χ1) is 17.1. The molecule has 0 bridgehead atoms. The molecule has 0 amide bonds. The molecule has 1 aromatic carbocycles. The Morgan fingerprint density at radius 3 is 2.60 bits per heavy atom. The van der Waals surface area contributed by atoms with Crippen LogP contribution in [-0.4, -0.2) is 34.7 Å². The quantitative estimate of drug-likeness (QED) is 0.350. The summed E-state index contributed by atoms with van der Waals surface area (Å²) in [6, 6.07) is 12.5. The number of unbranched alkanes of at least 4 members (excludes halogenated alkanes) is 1. The number of hydrogen-bond acceptors (Lipinski definition) is 5. The van der Waals surface area contributed by atoms with Crippen LogP contribution in [0.5, 0.6) is 0 Å². The van der Waals surface area contributed by atoms with Gasteiger partial charge in [0.2, 0.25) is 0 Å². The van der Waals surface area contributed by atoms with Gasteiger partial charge in [-0.1, -0.05) is 45.4 Å². The summed E-state index contributed by atoms with van der Waals surface area (Å²) in [5.74, 6) is 0.630. The van der Waals surface area contributed by atoms with Crippen molar-refractivity contribution in [1.82, 2.24) is 34.7 Å². The zero-order valence-electron chi connectivity index (χ0n) is 20.7. The molecule has 1 atom stereocenters. The van der Waals surface area contributed by atoms with Gasteiger partial charge in [0, 0.05) is 29.7 Å². The molecule has 35 heavy (non-hydrogen) atoms. The Bertz CT molecular complexity index is 1350. The predicted octanol–water partition coefficient (Wildman–Crippen LogP) is 5.03. The molecule has 1 aliphatic rings. The first-order valence-corrected chi connectivity index (χ1v) is 12.7. The molecule has 1 aliphatic carbocycles. The Balaban J connectivity index is 1.45. The van der Waals surface area contributed by atoms with E-state index in [1.807, 2.05) is 33.5 Å². The molecule has 8 nitrogen and oxygen atoms in total. The molecule has 0 saturated heterocycles. The molecule has 0 radical (unpaired) electrons. The molecule has 182 valence electrons. The van der Waals surface area contributed by atoms with Gasteiger partial charge in [0.05, 0.1) is 12.2 Å². The molecule has 4 aromatic rings. The first kappa shape index (κ1) is 23.2. The lowest BCUT2D eigenvalue weighted by Crippen LogP contribution is -2.26. The van der Waals surface area contributed by atoms with Gasteiger partial charge >= 0.3 is 5.69 Å². The monoisotopic (exact) mass is 471 g/mol. The molecule has 0 aliphatic heterocycles. The van der Waals surface area contributed by atoms with Crippen LogP contribution < -0.4 is 5.69 Å². The van der Waals surface area contributed by atoms with Crippen LogP contribution in [0.15, 0.2) is 53.6 Å². The Morgan fingerprint density at radius 1 is 1.09 bits per heavy atom. The van der Waals surface area contributed by atoms with Gasteiger partial charge in [-0.25, -0.2) is 9.89 Å². The van der Waals surface area contributed by atoms with Crippen molar-refractivity contribution < 1.29 is 0 Å². The highest BCUT2D eigenvalue weighted by Crippen LogP contribution is 2.60. The fourth-order valence-corrected chi connectivity index (χ4v) is 5.26. The normalized spacial score (nSPS) is 16.5. The zero-order valence-corrected chi connectivity index (χ0v) is 20.7. The number of benzene rings is 1. The molecular weight excluding hydrogens is 438 g/mol. The molecule has 0 spiro atoms.